The summed E-state index contributed by atoms with van der Waals surface area (Å²) in [5.41, 5.74) is 1.30. The van der Waals surface area contributed by atoms with Crippen LogP contribution < -0.4 is 15.0 Å². The van der Waals surface area contributed by atoms with Gasteiger partial charge in [-0.2, -0.15) is 0 Å². The van der Waals surface area contributed by atoms with Gasteiger partial charge in [0.25, 0.3) is 0 Å². The Labute approximate surface area is 123 Å². The Morgan fingerprint density at radius 3 is 2.47 bits per heavy atom. The van der Waals surface area contributed by atoms with Gasteiger partial charge in [-0.3, -0.25) is 0 Å². The van der Waals surface area contributed by atoms with Crippen molar-refractivity contribution in [2.45, 2.75) is 43.8 Å². The molecule has 2 heterocycles. The predicted molar refractivity (Wildman–Crippen MR) is 82.1 cm³/mol. The fourth-order valence-corrected chi connectivity index (χ4v) is 4.11. The molecule has 0 amide bonds. The Bertz CT molecular complexity index is 451. The minimum absolute atomic E-state index is 0.676. The fourth-order valence-electron chi connectivity index (χ4n) is 3.65. The van der Waals surface area contributed by atoms with E-state index in [0.717, 1.165) is 10.2 Å². The van der Waals surface area contributed by atoms with E-state index in [4.69, 9.17) is 4.74 Å². The predicted octanol–water partition coefficient (Wildman–Crippen LogP) is 3.18. The van der Waals surface area contributed by atoms with Crippen LogP contribution in [0.15, 0.2) is 22.7 Å². The molecule has 2 fully saturated rings. The number of hydrogen-bond acceptors (Lipinski definition) is 3. The maximum atomic E-state index is 5.39. The van der Waals surface area contributed by atoms with Gasteiger partial charge >= 0.3 is 0 Å². The van der Waals surface area contributed by atoms with Crippen LogP contribution in [0.3, 0.4) is 0 Å². The van der Waals surface area contributed by atoms with Crippen molar-refractivity contribution in [2.24, 2.45) is 0 Å². The summed E-state index contributed by atoms with van der Waals surface area (Å²) < 4.78 is 6.49. The highest BCUT2D eigenvalue weighted by Gasteiger charge is 2.40. The van der Waals surface area contributed by atoms with Crippen molar-refractivity contribution in [2.75, 3.05) is 19.1 Å². The monoisotopic (exact) mass is 324 g/mol. The fraction of sp³-hybridized carbons (Fsp3) is 0.600. The third-order valence-corrected chi connectivity index (χ3v) is 4.99. The summed E-state index contributed by atoms with van der Waals surface area (Å²) in [6.45, 7) is 0. The lowest BCUT2D eigenvalue weighted by Gasteiger charge is -2.40. The molecule has 0 saturated carbocycles. The average molecular weight is 325 g/mol. The van der Waals surface area contributed by atoms with Crippen LogP contribution in [0.2, 0.25) is 0 Å². The van der Waals surface area contributed by atoms with Gasteiger partial charge in [-0.05, 0) is 44.9 Å². The molecular weight excluding hydrogens is 304 g/mol. The normalized spacial score (nSPS) is 29.6. The average Bonchev–Trinajstić information content (AvgIpc) is 2.68. The van der Waals surface area contributed by atoms with Gasteiger partial charge in [0, 0.05) is 34.4 Å². The lowest BCUT2D eigenvalue weighted by atomic mass is 9.96. The van der Waals surface area contributed by atoms with E-state index in [0.29, 0.717) is 18.1 Å². The van der Waals surface area contributed by atoms with Gasteiger partial charge in [0.1, 0.15) is 5.75 Å². The number of halogens is 1. The van der Waals surface area contributed by atoms with Gasteiger partial charge in [0.05, 0.1) is 7.11 Å². The van der Waals surface area contributed by atoms with Gasteiger partial charge in [0.15, 0.2) is 0 Å². The lowest BCUT2D eigenvalue weighted by Crippen LogP contribution is -2.48. The summed E-state index contributed by atoms with van der Waals surface area (Å²) in [6, 6.07) is 8.43. The zero-order valence-electron chi connectivity index (χ0n) is 11.5. The number of methoxy groups -OCH3 is 1. The third-order valence-electron chi connectivity index (χ3n) is 4.53. The molecule has 1 aromatic rings. The SMILES string of the molecule is CNC1CC2CCC(C1)N2c1cc(Br)cc(OC)c1. The number of rotatable bonds is 3. The van der Waals surface area contributed by atoms with Crippen molar-refractivity contribution in [3.05, 3.63) is 22.7 Å². The van der Waals surface area contributed by atoms with Gasteiger partial charge < -0.3 is 15.0 Å². The van der Waals surface area contributed by atoms with Crippen LogP contribution in [0, 0.1) is 0 Å². The van der Waals surface area contributed by atoms with Gasteiger partial charge in [-0.1, -0.05) is 15.9 Å². The summed E-state index contributed by atoms with van der Waals surface area (Å²) in [7, 11) is 3.81. The highest BCUT2D eigenvalue weighted by molar-refractivity contribution is 9.10. The molecule has 1 aromatic carbocycles. The van der Waals surface area contributed by atoms with E-state index in [1.54, 1.807) is 7.11 Å². The molecule has 0 aliphatic carbocycles. The summed E-state index contributed by atoms with van der Waals surface area (Å²) in [5.74, 6) is 0.930. The van der Waals surface area contributed by atoms with Crippen molar-refractivity contribution in [3.63, 3.8) is 0 Å². The maximum Gasteiger partial charge on any atom is 0.122 e. The van der Waals surface area contributed by atoms with Crippen LogP contribution in [0.5, 0.6) is 5.75 Å². The van der Waals surface area contributed by atoms with Crippen molar-refractivity contribution in [3.8, 4) is 5.75 Å². The van der Waals surface area contributed by atoms with Gasteiger partial charge in [-0.25, -0.2) is 0 Å². The molecule has 0 aromatic heterocycles. The van der Waals surface area contributed by atoms with Crippen molar-refractivity contribution in [1.82, 2.24) is 5.32 Å². The highest BCUT2D eigenvalue weighted by Crippen LogP contribution is 2.41. The molecule has 19 heavy (non-hydrogen) atoms. The van der Waals surface area contributed by atoms with Crippen molar-refractivity contribution < 1.29 is 4.74 Å². The van der Waals surface area contributed by atoms with Crippen LogP contribution in [0.1, 0.15) is 25.7 Å². The smallest absolute Gasteiger partial charge is 0.122 e. The molecule has 1 N–H and O–H groups in total. The minimum atomic E-state index is 0.676. The summed E-state index contributed by atoms with van der Waals surface area (Å²) in [5, 5.41) is 3.45. The zero-order valence-corrected chi connectivity index (χ0v) is 13.1. The second kappa shape index (κ2) is 5.33. The second-order valence-corrected chi connectivity index (χ2v) is 6.51. The molecule has 2 aliphatic heterocycles. The Hall–Kier alpha value is -0.740. The third kappa shape index (κ3) is 2.48. The molecule has 3 nitrogen and oxygen atoms in total. The molecule has 2 bridgehead atoms. The van der Waals surface area contributed by atoms with E-state index in [1.165, 1.54) is 31.4 Å². The number of benzene rings is 1. The first-order valence-corrected chi connectivity index (χ1v) is 7.80. The molecule has 3 rings (SSSR count). The number of ether oxygens (including phenoxy) is 1. The van der Waals surface area contributed by atoms with E-state index >= 15 is 0 Å². The number of piperidine rings is 1. The molecule has 2 atom stereocenters. The molecule has 0 radical (unpaired) electrons. The van der Waals surface area contributed by atoms with Crippen LogP contribution >= 0.6 is 15.9 Å². The van der Waals surface area contributed by atoms with Crippen LogP contribution in [0.25, 0.3) is 0 Å². The number of nitrogens with one attached hydrogen (secondary N) is 1. The van der Waals surface area contributed by atoms with Crippen molar-refractivity contribution in [1.29, 1.82) is 0 Å². The zero-order chi connectivity index (χ0) is 13.4. The standard InChI is InChI=1S/C15H21BrN2O/c1-17-11-7-12-3-4-13(8-11)18(12)14-5-10(16)6-15(9-14)19-2/h5-6,9,11-13,17H,3-4,7-8H2,1-2H3. The first kappa shape index (κ1) is 13.3. The van der Waals surface area contributed by atoms with Crippen molar-refractivity contribution >= 4 is 21.6 Å². The Kier molecular flexibility index (Phi) is 3.72. The van der Waals surface area contributed by atoms with E-state index in [1.807, 2.05) is 6.07 Å². The second-order valence-electron chi connectivity index (χ2n) is 5.60. The van der Waals surface area contributed by atoms with E-state index in [-0.39, 0.29) is 0 Å². The van der Waals surface area contributed by atoms with Crippen LogP contribution in [0.4, 0.5) is 5.69 Å². The van der Waals surface area contributed by atoms with Gasteiger partial charge in [0.2, 0.25) is 0 Å². The molecule has 0 spiro atoms. The Morgan fingerprint density at radius 1 is 1.21 bits per heavy atom. The number of nitrogens with zero attached hydrogens (tertiary/aromatic N) is 1. The highest BCUT2D eigenvalue weighted by atomic mass is 79.9. The van der Waals surface area contributed by atoms with E-state index in [2.05, 4.69) is 45.3 Å². The molecule has 2 aliphatic rings. The quantitative estimate of drug-likeness (QED) is 0.924. The summed E-state index contributed by atoms with van der Waals surface area (Å²) in [6.07, 6.45) is 5.14. The molecule has 2 saturated heterocycles. The first-order chi connectivity index (χ1) is 9.21. The van der Waals surface area contributed by atoms with E-state index < -0.39 is 0 Å². The van der Waals surface area contributed by atoms with Gasteiger partial charge in [-0.15, -0.1) is 0 Å². The number of fused-ring (bicyclic) bond motifs is 2. The number of anilines is 1. The first-order valence-electron chi connectivity index (χ1n) is 7.01. The topological polar surface area (TPSA) is 24.5 Å². The Morgan fingerprint density at radius 2 is 1.89 bits per heavy atom. The summed E-state index contributed by atoms with van der Waals surface area (Å²) >= 11 is 3.59. The van der Waals surface area contributed by atoms with Crippen LogP contribution in [-0.2, 0) is 0 Å². The molecule has 4 heteroatoms. The minimum Gasteiger partial charge on any atom is -0.497 e. The molecule has 2 unspecified atom stereocenters. The summed E-state index contributed by atoms with van der Waals surface area (Å²) in [4.78, 5) is 2.61. The largest absolute Gasteiger partial charge is 0.497 e. The Balaban J connectivity index is 1.89. The number of hydrogen-bond donors (Lipinski definition) is 1. The van der Waals surface area contributed by atoms with Crippen LogP contribution in [-0.4, -0.2) is 32.3 Å². The lowest BCUT2D eigenvalue weighted by molar-refractivity contribution is 0.372. The molecular formula is C15H21BrN2O. The molecule has 104 valence electrons. The maximum absolute atomic E-state index is 5.39. The van der Waals surface area contributed by atoms with E-state index in [9.17, 15) is 0 Å².